The molecular weight excluding hydrogens is 436 g/mol. The average molecular weight is 459 g/mol. The fourth-order valence-electron chi connectivity index (χ4n) is 3.31. The van der Waals surface area contributed by atoms with Crippen LogP contribution in [-0.4, -0.2) is 48.8 Å². The fourth-order valence-corrected chi connectivity index (χ4v) is 3.57. The SMILES string of the molecule is CC1CC(=O)Nc2ccccc2N1C(=O)CN(C)CC(=O)Nc1ccc(Br)cc1. The zero-order valence-electron chi connectivity index (χ0n) is 16.3. The molecule has 1 heterocycles. The number of anilines is 3. The summed E-state index contributed by atoms with van der Waals surface area (Å²) < 4.78 is 0.929. The summed E-state index contributed by atoms with van der Waals surface area (Å²) in [6.45, 7) is 1.98. The molecule has 0 aliphatic carbocycles. The number of halogens is 1. The molecule has 152 valence electrons. The third-order valence-electron chi connectivity index (χ3n) is 4.57. The van der Waals surface area contributed by atoms with E-state index in [1.165, 1.54) is 0 Å². The van der Waals surface area contributed by atoms with Crippen LogP contribution in [0.3, 0.4) is 0 Å². The van der Waals surface area contributed by atoms with Gasteiger partial charge in [0.2, 0.25) is 17.7 Å². The van der Waals surface area contributed by atoms with Crippen molar-refractivity contribution < 1.29 is 14.4 Å². The van der Waals surface area contributed by atoms with Crippen LogP contribution in [0.2, 0.25) is 0 Å². The maximum absolute atomic E-state index is 13.0. The van der Waals surface area contributed by atoms with Gasteiger partial charge in [0.25, 0.3) is 0 Å². The van der Waals surface area contributed by atoms with Crippen molar-refractivity contribution >= 4 is 50.7 Å². The van der Waals surface area contributed by atoms with Crippen LogP contribution in [0, 0.1) is 0 Å². The van der Waals surface area contributed by atoms with Crippen LogP contribution in [0.4, 0.5) is 17.1 Å². The largest absolute Gasteiger partial charge is 0.325 e. The van der Waals surface area contributed by atoms with Gasteiger partial charge in [-0.2, -0.15) is 0 Å². The Morgan fingerprint density at radius 2 is 1.86 bits per heavy atom. The van der Waals surface area contributed by atoms with Gasteiger partial charge in [-0.1, -0.05) is 28.1 Å². The molecule has 1 atom stereocenters. The second-order valence-electron chi connectivity index (χ2n) is 7.11. The molecule has 3 amide bonds. The van der Waals surface area contributed by atoms with E-state index in [4.69, 9.17) is 0 Å². The number of rotatable bonds is 5. The first kappa shape index (κ1) is 21.0. The summed E-state index contributed by atoms with van der Waals surface area (Å²) in [4.78, 5) is 40.7. The second-order valence-corrected chi connectivity index (χ2v) is 8.03. The van der Waals surface area contributed by atoms with E-state index in [0.29, 0.717) is 17.1 Å². The van der Waals surface area contributed by atoms with Gasteiger partial charge in [-0.3, -0.25) is 19.3 Å². The number of amides is 3. The Kier molecular flexibility index (Phi) is 6.66. The van der Waals surface area contributed by atoms with Crippen molar-refractivity contribution in [1.82, 2.24) is 4.90 Å². The van der Waals surface area contributed by atoms with E-state index in [1.54, 1.807) is 35.0 Å². The average Bonchev–Trinajstić information content (AvgIpc) is 2.77. The molecule has 3 rings (SSSR count). The summed E-state index contributed by atoms with van der Waals surface area (Å²) in [5, 5.41) is 5.65. The highest BCUT2D eigenvalue weighted by Crippen LogP contribution is 2.31. The highest BCUT2D eigenvalue weighted by Gasteiger charge is 2.30. The first-order valence-corrected chi connectivity index (χ1v) is 10.1. The Labute approximate surface area is 178 Å². The molecule has 0 aromatic heterocycles. The van der Waals surface area contributed by atoms with Crippen molar-refractivity contribution in [2.45, 2.75) is 19.4 Å². The highest BCUT2D eigenvalue weighted by molar-refractivity contribution is 9.10. The maximum atomic E-state index is 13.0. The van der Waals surface area contributed by atoms with E-state index >= 15 is 0 Å². The number of benzene rings is 2. The van der Waals surface area contributed by atoms with E-state index in [0.717, 1.165) is 4.47 Å². The van der Waals surface area contributed by atoms with Crippen molar-refractivity contribution in [2.75, 3.05) is 35.7 Å². The van der Waals surface area contributed by atoms with Crippen LogP contribution < -0.4 is 15.5 Å². The summed E-state index contributed by atoms with van der Waals surface area (Å²) in [6, 6.07) is 14.2. The molecule has 8 heteroatoms. The highest BCUT2D eigenvalue weighted by atomic mass is 79.9. The van der Waals surface area contributed by atoms with Crippen LogP contribution in [0.5, 0.6) is 0 Å². The van der Waals surface area contributed by atoms with Gasteiger partial charge in [-0.15, -0.1) is 0 Å². The third-order valence-corrected chi connectivity index (χ3v) is 5.10. The zero-order valence-corrected chi connectivity index (χ0v) is 17.9. The quantitative estimate of drug-likeness (QED) is 0.720. The first-order valence-electron chi connectivity index (χ1n) is 9.28. The normalized spacial score (nSPS) is 16.1. The van der Waals surface area contributed by atoms with Crippen molar-refractivity contribution in [3.63, 3.8) is 0 Å². The summed E-state index contributed by atoms with van der Waals surface area (Å²) in [6.07, 6.45) is 0.216. The lowest BCUT2D eigenvalue weighted by atomic mass is 10.1. The molecular formula is C21H23BrN4O3. The number of fused-ring (bicyclic) bond motifs is 1. The standard InChI is InChI=1S/C21H23BrN4O3/c1-14-11-19(27)24-17-5-3-4-6-18(17)26(14)21(29)13-25(2)12-20(28)23-16-9-7-15(22)8-10-16/h3-10,14H,11-13H2,1-2H3,(H,23,28)(H,24,27). The minimum Gasteiger partial charge on any atom is -0.325 e. The predicted octanol–water partition coefficient (Wildman–Crippen LogP) is 3.08. The molecule has 1 aliphatic rings. The second kappa shape index (κ2) is 9.19. The Bertz CT molecular complexity index is 916. The van der Waals surface area contributed by atoms with Crippen molar-refractivity contribution in [3.05, 3.63) is 53.0 Å². The minimum atomic E-state index is -0.281. The third kappa shape index (κ3) is 5.42. The summed E-state index contributed by atoms with van der Waals surface area (Å²) in [5.74, 6) is -0.494. The Morgan fingerprint density at radius 1 is 1.17 bits per heavy atom. The van der Waals surface area contributed by atoms with Gasteiger partial charge in [-0.05, 0) is 50.4 Å². The van der Waals surface area contributed by atoms with E-state index in [9.17, 15) is 14.4 Å². The zero-order chi connectivity index (χ0) is 21.0. The molecule has 2 aromatic carbocycles. The monoisotopic (exact) mass is 458 g/mol. The molecule has 2 N–H and O–H groups in total. The molecule has 2 aromatic rings. The number of likely N-dealkylation sites (N-methyl/N-ethyl adjacent to an activating group) is 1. The summed E-state index contributed by atoms with van der Waals surface area (Å²) in [5.41, 5.74) is 1.98. The maximum Gasteiger partial charge on any atom is 0.241 e. The minimum absolute atomic E-state index is 0.0562. The molecule has 0 spiro atoms. The molecule has 29 heavy (non-hydrogen) atoms. The van der Waals surface area contributed by atoms with Gasteiger partial charge in [0, 0.05) is 22.6 Å². The number of hydrogen-bond donors (Lipinski definition) is 2. The van der Waals surface area contributed by atoms with Gasteiger partial charge in [0.05, 0.1) is 24.5 Å². The van der Waals surface area contributed by atoms with Crippen LogP contribution in [0.15, 0.2) is 53.0 Å². The lowest BCUT2D eigenvalue weighted by Gasteiger charge is -2.29. The number of hydrogen-bond acceptors (Lipinski definition) is 4. The number of nitrogens with one attached hydrogen (secondary N) is 2. The van der Waals surface area contributed by atoms with Crippen molar-refractivity contribution in [2.24, 2.45) is 0 Å². The molecule has 0 radical (unpaired) electrons. The van der Waals surface area contributed by atoms with E-state index in [2.05, 4.69) is 26.6 Å². The molecule has 0 saturated heterocycles. The Morgan fingerprint density at radius 3 is 2.59 bits per heavy atom. The van der Waals surface area contributed by atoms with E-state index in [1.807, 2.05) is 37.3 Å². The summed E-state index contributed by atoms with van der Waals surface area (Å²) in [7, 11) is 1.72. The lowest BCUT2D eigenvalue weighted by molar-refractivity contribution is -0.121. The predicted molar refractivity (Wildman–Crippen MR) is 117 cm³/mol. The smallest absolute Gasteiger partial charge is 0.241 e. The van der Waals surface area contributed by atoms with Crippen LogP contribution in [-0.2, 0) is 14.4 Å². The number of carbonyl (C=O) groups is 3. The van der Waals surface area contributed by atoms with Crippen LogP contribution in [0.25, 0.3) is 0 Å². The number of nitrogens with zero attached hydrogens (tertiary/aromatic N) is 2. The molecule has 1 unspecified atom stereocenters. The van der Waals surface area contributed by atoms with E-state index in [-0.39, 0.29) is 43.3 Å². The summed E-state index contributed by atoms with van der Waals surface area (Å²) >= 11 is 3.35. The topological polar surface area (TPSA) is 81.8 Å². The van der Waals surface area contributed by atoms with Crippen molar-refractivity contribution in [1.29, 1.82) is 0 Å². The van der Waals surface area contributed by atoms with E-state index < -0.39 is 0 Å². The number of para-hydroxylation sites is 2. The Hall–Kier alpha value is -2.71. The van der Waals surface area contributed by atoms with Gasteiger partial charge < -0.3 is 15.5 Å². The lowest BCUT2D eigenvalue weighted by Crippen LogP contribution is -2.45. The molecule has 7 nitrogen and oxygen atoms in total. The number of carbonyl (C=O) groups excluding carboxylic acids is 3. The van der Waals surface area contributed by atoms with Crippen molar-refractivity contribution in [3.8, 4) is 0 Å². The molecule has 0 saturated carbocycles. The Balaban J connectivity index is 1.64. The molecule has 1 aliphatic heterocycles. The fraction of sp³-hybridized carbons (Fsp3) is 0.286. The van der Waals surface area contributed by atoms with Gasteiger partial charge in [-0.25, -0.2) is 0 Å². The van der Waals surface area contributed by atoms with Crippen LogP contribution >= 0.6 is 15.9 Å². The first-order chi connectivity index (χ1) is 13.8. The van der Waals surface area contributed by atoms with Gasteiger partial charge >= 0.3 is 0 Å². The van der Waals surface area contributed by atoms with Gasteiger partial charge in [0.1, 0.15) is 0 Å². The molecule has 0 bridgehead atoms. The molecule has 0 fully saturated rings. The van der Waals surface area contributed by atoms with Gasteiger partial charge in [0.15, 0.2) is 0 Å². The van der Waals surface area contributed by atoms with Crippen LogP contribution in [0.1, 0.15) is 13.3 Å².